The average molecular weight is 352 g/mol. The van der Waals surface area contributed by atoms with Crippen molar-refractivity contribution in [3.8, 4) is 5.75 Å². The molecule has 0 unspecified atom stereocenters. The van der Waals surface area contributed by atoms with E-state index in [4.69, 9.17) is 14.9 Å². The lowest BCUT2D eigenvalue weighted by Gasteiger charge is -2.36. The van der Waals surface area contributed by atoms with Crippen molar-refractivity contribution >= 4 is 14.3 Å². The molecule has 0 fully saturated rings. The average Bonchev–Trinajstić information content (AvgIpc) is 2.35. The lowest BCUT2D eigenvalue weighted by molar-refractivity contribution is -0.155. The first-order valence-electron chi connectivity index (χ1n) is 8.48. The van der Waals surface area contributed by atoms with Crippen LogP contribution in [0.2, 0.25) is 18.1 Å². The van der Waals surface area contributed by atoms with Gasteiger partial charge in [-0.25, -0.2) is 0 Å². The summed E-state index contributed by atoms with van der Waals surface area (Å²) in [5, 5.41) is 0.152. The molecule has 1 aromatic carbocycles. The third-order valence-electron chi connectivity index (χ3n) is 4.29. The molecule has 0 spiro atoms. The van der Waals surface area contributed by atoms with Crippen LogP contribution in [-0.4, -0.2) is 19.9 Å². The van der Waals surface area contributed by atoms with Gasteiger partial charge in [0.25, 0.3) is 0 Å². The second-order valence-electron chi connectivity index (χ2n) is 8.83. The normalized spacial score (nSPS) is 14.2. The van der Waals surface area contributed by atoms with Gasteiger partial charge < -0.3 is 14.9 Å². The number of ether oxygens (including phenoxy) is 1. The van der Waals surface area contributed by atoms with E-state index in [0.29, 0.717) is 0 Å². The van der Waals surface area contributed by atoms with Crippen LogP contribution in [0.1, 0.15) is 59.6 Å². The molecule has 0 bridgehead atoms. The van der Waals surface area contributed by atoms with Crippen LogP contribution in [-0.2, 0) is 9.53 Å². The maximum atomic E-state index is 11.9. The van der Waals surface area contributed by atoms with Gasteiger partial charge in [-0.05, 0) is 56.6 Å². The zero-order valence-electron chi connectivity index (χ0n) is 16.4. The highest BCUT2D eigenvalue weighted by Gasteiger charge is 2.38. The predicted octanol–water partition coefficient (Wildman–Crippen LogP) is 4.80. The molecule has 0 amide bonds. The molecule has 5 heteroatoms. The van der Waals surface area contributed by atoms with E-state index < -0.39 is 13.9 Å². The Morgan fingerprint density at radius 3 is 2.00 bits per heavy atom. The first-order chi connectivity index (χ1) is 10.7. The van der Waals surface area contributed by atoms with Crippen molar-refractivity contribution in [3.05, 3.63) is 29.8 Å². The molecule has 2 N–H and O–H groups in total. The summed E-state index contributed by atoms with van der Waals surface area (Å²) >= 11 is 0. The van der Waals surface area contributed by atoms with Gasteiger partial charge in [0.2, 0.25) is 8.32 Å². The van der Waals surface area contributed by atoms with Crippen LogP contribution >= 0.6 is 0 Å². The van der Waals surface area contributed by atoms with E-state index in [1.54, 1.807) is 0 Å². The minimum atomic E-state index is -1.85. The van der Waals surface area contributed by atoms with Crippen molar-refractivity contribution in [1.82, 2.24) is 0 Å². The maximum Gasteiger partial charge on any atom is 0.308 e. The summed E-state index contributed by atoms with van der Waals surface area (Å²) in [7, 11) is -1.85. The van der Waals surface area contributed by atoms with Crippen molar-refractivity contribution < 1.29 is 14.0 Å². The highest BCUT2D eigenvalue weighted by molar-refractivity contribution is 6.74. The summed E-state index contributed by atoms with van der Waals surface area (Å²) in [4.78, 5) is 11.9. The molecule has 0 radical (unpaired) electrons. The molecule has 0 saturated heterocycles. The molecule has 1 aromatic rings. The lowest BCUT2D eigenvalue weighted by atomic mass is 10.0. The highest BCUT2D eigenvalue weighted by Crippen LogP contribution is 2.37. The van der Waals surface area contributed by atoms with E-state index in [9.17, 15) is 4.79 Å². The molecule has 4 nitrogen and oxygen atoms in total. The van der Waals surface area contributed by atoms with E-state index >= 15 is 0 Å². The fourth-order valence-corrected chi connectivity index (χ4v) is 2.94. The van der Waals surface area contributed by atoms with Crippen molar-refractivity contribution in [3.63, 3.8) is 0 Å². The molecule has 0 aromatic heterocycles. The van der Waals surface area contributed by atoms with E-state index in [1.807, 2.05) is 45.0 Å². The smallest absolute Gasteiger partial charge is 0.308 e. The van der Waals surface area contributed by atoms with Gasteiger partial charge in [-0.15, -0.1) is 0 Å². The third-order valence-corrected chi connectivity index (χ3v) is 8.65. The molecule has 0 aliphatic heterocycles. The minimum absolute atomic E-state index is 0.152. The van der Waals surface area contributed by atoms with Gasteiger partial charge in [0.1, 0.15) is 11.4 Å². The highest BCUT2D eigenvalue weighted by atomic mass is 28.4. The Morgan fingerprint density at radius 2 is 1.58 bits per heavy atom. The monoisotopic (exact) mass is 351 g/mol. The van der Waals surface area contributed by atoms with E-state index in [-0.39, 0.29) is 23.5 Å². The van der Waals surface area contributed by atoms with Gasteiger partial charge in [0.05, 0.1) is 6.42 Å². The minimum Gasteiger partial charge on any atom is -0.544 e. The summed E-state index contributed by atoms with van der Waals surface area (Å²) in [5.41, 5.74) is 6.55. The number of rotatable bonds is 5. The molecular weight excluding hydrogens is 318 g/mol. The summed E-state index contributed by atoms with van der Waals surface area (Å²) in [6.07, 6.45) is 0.166. The van der Waals surface area contributed by atoms with Crippen molar-refractivity contribution in [2.45, 2.75) is 77.7 Å². The maximum absolute atomic E-state index is 11.9. The van der Waals surface area contributed by atoms with E-state index in [2.05, 4.69) is 33.9 Å². The largest absolute Gasteiger partial charge is 0.544 e. The molecule has 0 aliphatic carbocycles. The van der Waals surface area contributed by atoms with Crippen LogP contribution in [0.5, 0.6) is 5.75 Å². The summed E-state index contributed by atoms with van der Waals surface area (Å²) < 4.78 is 11.6. The topological polar surface area (TPSA) is 61.5 Å². The Hall–Kier alpha value is -1.33. The van der Waals surface area contributed by atoms with Gasteiger partial charge in [-0.3, -0.25) is 4.79 Å². The molecule has 136 valence electrons. The standard InChI is InChI=1S/C19H33NO3Si/c1-18(2,3)22-17(21)13-16(20)14-9-11-15(12-10-14)23-24(7,8)19(4,5)6/h9-12,16H,13,20H2,1-8H3/t16-/m1/s1. The first-order valence-corrected chi connectivity index (χ1v) is 11.4. The lowest BCUT2D eigenvalue weighted by Crippen LogP contribution is -2.43. The van der Waals surface area contributed by atoms with Gasteiger partial charge in [-0.1, -0.05) is 32.9 Å². The zero-order chi connectivity index (χ0) is 18.8. The Kier molecular flexibility index (Phi) is 6.28. The van der Waals surface area contributed by atoms with Crippen molar-refractivity contribution in [2.75, 3.05) is 0 Å². The van der Waals surface area contributed by atoms with Gasteiger partial charge in [-0.2, -0.15) is 0 Å². The Balaban J connectivity index is 2.72. The second-order valence-corrected chi connectivity index (χ2v) is 13.6. The zero-order valence-corrected chi connectivity index (χ0v) is 17.4. The van der Waals surface area contributed by atoms with Gasteiger partial charge >= 0.3 is 5.97 Å². The fraction of sp³-hybridized carbons (Fsp3) is 0.632. The fourth-order valence-electron chi connectivity index (χ4n) is 1.91. The number of hydrogen-bond acceptors (Lipinski definition) is 4. The third kappa shape index (κ3) is 6.28. The quantitative estimate of drug-likeness (QED) is 0.611. The number of carbonyl (C=O) groups is 1. The Bertz CT molecular complexity index is 553. The molecule has 24 heavy (non-hydrogen) atoms. The molecule has 0 aliphatic rings. The second kappa shape index (κ2) is 7.27. The number of benzene rings is 1. The first kappa shape index (κ1) is 20.7. The van der Waals surface area contributed by atoms with Crippen LogP contribution in [0.4, 0.5) is 0 Å². The van der Waals surface area contributed by atoms with Gasteiger partial charge in [0, 0.05) is 6.04 Å². The molecule has 1 atom stereocenters. The van der Waals surface area contributed by atoms with E-state index in [1.165, 1.54) is 0 Å². The molecule has 0 heterocycles. The van der Waals surface area contributed by atoms with Gasteiger partial charge in [0.15, 0.2) is 0 Å². The van der Waals surface area contributed by atoms with Crippen molar-refractivity contribution in [2.24, 2.45) is 5.73 Å². The Morgan fingerprint density at radius 1 is 1.08 bits per heavy atom. The summed E-state index contributed by atoms with van der Waals surface area (Å²) in [6, 6.07) is 7.35. The van der Waals surface area contributed by atoms with Crippen LogP contribution in [0.3, 0.4) is 0 Å². The van der Waals surface area contributed by atoms with Crippen molar-refractivity contribution in [1.29, 1.82) is 0 Å². The van der Waals surface area contributed by atoms with Crippen LogP contribution in [0.25, 0.3) is 0 Å². The summed E-state index contributed by atoms with van der Waals surface area (Å²) in [6.45, 7) is 16.6. The van der Waals surface area contributed by atoms with Crippen LogP contribution in [0, 0.1) is 0 Å². The molecular formula is C19H33NO3Si. The number of carbonyl (C=O) groups excluding carboxylic acids is 1. The van der Waals surface area contributed by atoms with Crippen LogP contribution in [0.15, 0.2) is 24.3 Å². The summed E-state index contributed by atoms with van der Waals surface area (Å²) in [5.74, 6) is 0.575. The molecule has 1 rings (SSSR count). The number of esters is 1. The number of nitrogens with two attached hydrogens (primary N) is 1. The van der Waals surface area contributed by atoms with E-state index in [0.717, 1.165) is 11.3 Å². The predicted molar refractivity (Wildman–Crippen MR) is 102 cm³/mol. The SMILES string of the molecule is CC(C)(C)OC(=O)C[C@@H](N)c1ccc(O[Si](C)(C)C(C)(C)C)cc1. The Labute approximate surface area is 147 Å². The van der Waals surface area contributed by atoms with Crippen LogP contribution < -0.4 is 10.2 Å². The number of hydrogen-bond donors (Lipinski definition) is 1. The molecule has 0 saturated carbocycles.